The number of benzene rings is 1. The largest absolute Gasteiger partial charge is 0.495 e. The second-order valence-corrected chi connectivity index (χ2v) is 8.15. The van der Waals surface area contributed by atoms with Crippen molar-refractivity contribution in [1.29, 1.82) is 0 Å². The second kappa shape index (κ2) is 5.89. The minimum atomic E-state index is -0.432. The number of hydrogen-bond acceptors (Lipinski definition) is 3. The Kier molecular flexibility index (Phi) is 4.29. The van der Waals surface area contributed by atoms with E-state index in [1.165, 1.54) is 0 Å². The van der Waals surface area contributed by atoms with Crippen LogP contribution in [-0.4, -0.2) is 41.7 Å². The number of nitrogens with zero attached hydrogens (tertiary/aromatic N) is 1. The minimum Gasteiger partial charge on any atom is -0.399 e. The normalized spacial score (nSPS) is 25.3. The Morgan fingerprint density at radius 1 is 1.21 bits per heavy atom. The minimum absolute atomic E-state index is 0.109. The summed E-state index contributed by atoms with van der Waals surface area (Å²) in [5, 5.41) is 0. The molecule has 130 valence electrons. The summed E-state index contributed by atoms with van der Waals surface area (Å²) in [6.07, 6.45) is 2.17. The van der Waals surface area contributed by atoms with Gasteiger partial charge in [-0.3, -0.25) is 4.79 Å². The van der Waals surface area contributed by atoms with E-state index in [0.717, 1.165) is 36.0 Å². The molecule has 2 aliphatic rings. The first kappa shape index (κ1) is 17.5. The maximum absolute atomic E-state index is 12.8. The predicted octanol–water partition coefficient (Wildman–Crippen LogP) is 2.92. The van der Waals surface area contributed by atoms with Crippen LogP contribution in [0.1, 0.15) is 63.4 Å². The fraction of sp³-hybridized carbons (Fsp3) is 0.632. The summed E-state index contributed by atoms with van der Waals surface area (Å²) in [6, 6.07) is 6.18. The maximum atomic E-state index is 12.8. The van der Waals surface area contributed by atoms with Gasteiger partial charge >= 0.3 is 7.12 Å². The SMILES string of the molecule is Cc1ccc(C(=O)N2CCC[C@@H]2C)cc1B1OC(C)(C)C(C)(C)O1. The predicted molar refractivity (Wildman–Crippen MR) is 96.6 cm³/mol. The summed E-state index contributed by atoms with van der Waals surface area (Å²) >= 11 is 0. The van der Waals surface area contributed by atoms with Gasteiger partial charge in [0.2, 0.25) is 0 Å². The van der Waals surface area contributed by atoms with Crippen LogP contribution in [0.5, 0.6) is 0 Å². The third-order valence-corrected chi connectivity index (χ3v) is 5.85. The van der Waals surface area contributed by atoms with Crippen LogP contribution >= 0.6 is 0 Å². The zero-order valence-corrected chi connectivity index (χ0v) is 15.7. The summed E-state index contributed by atoms with van der Waals surface area (Å²) < 4.78 is 12.3. The lowest BCUT2D eigenvalue weighted by Gasteiger charge is -2.32. The number of hydrogen-bond donors (Lipinski definition) is 0. The van der Waals surface area contributed by atoms with Gasteiger partial charge in [0.15, 0.2) is 0 Å². The smallest absolute Gasteiger partial charge is 0.399 e. The lowest BCUT2D eigenvalue weighted by molar-refractivity contribution is 0.00578. The van der Waals surface area contributed by atoms with Gasteiger partial charge in [0.05, 0.1) is 11.2 Å². The molecule has 0 unspecified atom stereocenters. The van der Waals surface area contributed by atoms with E-state index in [1.54, 1.807) is 0 Å². The van der Waals surface area contributed by atoms with Crippen molar-refractivity contribution in [3.63, 3.8) is 0 Å². The topological polar surface area (TPSA) is 38.8 Å². The third-order valence-electron chi connectivity index (χ3n) is 5.85. The highest BCUT2D eigenvalue weighted by Gasteiger charge is 2.52. The summed E-state index contributed by atoms with van der Waals surface area (Å²) in [5.41, 5.74) is 1.99. The van der Waals surface area contributed by atoms with Gasteiger partial charge in [-0.25, -0.2) is 0 Å². The molecule has 2 fully saturated rings. The van der Waals surface area contributed by atoms with Crippen LogP contribution in [0.2, 0.25) is 0 Å². The highest BCUT2D eigenvalue weighted by atomic mass is 16.7. The maximum Gasteiger partial charge on any atom is 0.495 e. The highest BCUT2D eigenvalue weighted by Crippen LogP contribution is 2.36. The number of likely N-dealkylation sites (tertiary alicyclic amines) is 1. The fourth-order valence-corrected chi connectivity index (χ4v) is 3.40. The molecule has 0 spiro atoms. The van der Waals surface area contributed by atoms with Crippen molar-refractivity contribution in [2.45, 2.75) is 71.6 Å². The average Bonchev–Trinajstić information content (AvgIpc) is 3.00. The molecule has 4 nitrogen and oxygen atoms in total. The van der Waals surface area contributed by atoms with Crippen LogP contribution in [0.25, 0.3) is 0 Å². The fourth-order valence-electron chi connectivity index (χ4n) is 3.40. The molecular weight excluding hydrogens is 301 g/mol. The van der Waals surface area contributed by atoms with E-state index in [9.17, 15) is 4.79 Å². The van der Waals surface area contributed by atoms with Gasteiger partial charge in [0.1, 0.15) is 0 Å². The quantitative estimate of drug-likeness (QED) is 0.783. The lowest BCUT2D eigenvalue weighted by atomic mass is 9.75. The molecule has 2 heterocycles. The van der Waals surface area contributed by atoms with Gasteiger partial charge in [0.25, 0.3) is 5.91 Å². The average molecular weight is 329 g/mol. The Hall–Kier alpha value is -1.33. The van der Waals surface area contributed by atoms with Crippen molar-refractivity contribution in [3.05, 3.63) is 29.3 Å². The van der Waals surface area contributed by atoms with Crippen LogP contribution < -0.4 is 5.46 Å². The van der Waals surface area contributed by atoms with Crippen molar-refractivity contribution in [2.75, 3.05) is 6.54 Å². The zero-order valence-electron chi connectivity index (χ0n) is 15.7. The van der Waals surface area contributed by atoms with Crippen LogP contribution in [0.3, 0.4) is 0 Å². The van der Waals surface area contributed by atoms with Gasteiger partial charge in [-0.2, -0.15) is 0 Å². The molecule has 3 rings (SSSR count). The van der Waals surface area contributed by atoms with Crippen LogP contribution in [0, 0.1) is 6.92 Å². The molecule has 1 amide bonds. The zero-order chi connectivity index (χ0) is 17.7. The molecule has 1 aromatic rings. The second-order valence-electron chi connectivity index (χ2n) is 8.15. The first-order valence-corrected chi connectivity index (χ1v) is 8.89. The molecule has 0 N–H and O–H groups in total. The molecule has 24 heavy (non-hydrogen) atoms. The summed E-state index contributed by atoms with van der Waals surface area (Å²) in [7, 11) is -0.432. The van der Waals surface area contributed by atoms with E-state index in [4.69, 9.17) is 9.31 Å². The molecule has 5 heteroatoms. The first-order valence-electron chi connectivity index (χ1n) is 8.89. The number of rotatable bonds is 2. The van der Waals surface area contributed by atoms with Crippen LogP contribution in [0.4, 0.5) is 0 Å². The molecular formula is C19H28BNO3. The van der Waals surface area contributed by atoms with Crippen LogP contribution in [0.15, 0.2) is 18.2 Å². The van der Waals surface area contributed by atoms with Gasteiger partial charge in [-0.05, 0) is 72.0 Å². The molecule has 0 aliphatic carbocycles. The molecule has 0 aromatic heterocycles. The summed E-state index contributed by atoms with van der Waals surface area (Å²) in [6.45, 7) is 13.2. The van der Waals surface area contributed by atoms with Gasteiger partial charge < -0.3 is 14.2 Å². The first-order chi connectivity index (χ1) is 11.1. The van der Waals surface area contributed by atoms with Gasteiger partial charge in [0, 0.05) is 18.2 Å². The van der Waals surface area contributed by atoms with Crippen molar-refractivity contribution in [2.24, 2.45) is 0 Å². The van der Waals surface area contributed by atoms with E-state index >= 15 is 0 Å². The summed E-state index contributed by atoms with van der Waals surface area (Å²) in [4.78, 5) is 14.8. The number of carbonyl (C=O) groups is 1. The number of aryl methyl sites for hydroxylation is 1. The summed E-state index contributed by atoms with van der Waals surface area (Å²) in [5.74, 6) is 0.109. The van der Waals surface area contributed by atoms with Crippen LogP contribution in [-0.2, 0) is 9.31 Å². The number of amides is 1. The molecule has 0 saturated carbocycles. The van der Waals surface area contributed by atoms with Gasteiger partial charge in [-0.15, -0.1) is 0 Å². The molecule has 2 aliphatic heterocycles. The molecule has 2 saturated heterocycles. The van der Waals surface area contributed by atoms with E-state index in [2.05, 4.69) is 6.92 Å². The van der Waals surface area contributed by atoms with Gasteiger partial charge in [-0.1, -0.05) is 11.6 Å². The van der Waals surface area contributed by atoms with E-state index in [0.29, 0.717) is 6.04 Å². The molecule has 1 atom stereocenters. The third kappa shape index (κ3) is 2.88. The molecule has 0 radical (unpaired) electrons. The Balaban J connectivity index is 1.89. The van der Waals surface area contributed by atoms with Crippen molar-refractivity contribution in [3.8, 4) is 0 Å². The Morgan fingerprint density at radius 3 is 2.38 bits per heavy atom. The van der Waals surface area contributed by atoms with E-state index < -0.39 is 7.12 Å². The Bertz CT molecular complexity index is 640. The monoisotopic (exact) mass is 329 g/mol. The van der Waals surface area contributed by atoms with Crippen molar-refractivity contribution < 1.29 is 14.1 Å². The Labute approximate surface area is 145 Å². The van der Waals surface area contributed by atoms with Crippen molar-refractivity contribution >= 4 is 18.5 Å². The van der Waals surface area contributed by atoms with Crippen molar-refractivity contribution in [1.82, 2.24) is 4.90 Å². The standard InChI is InChI=1S/C19H28BNO3/c1-13-9-10-15(17(22)21-11-7-8-14(21)2)12-16(13)20-23-18(3,4)19(5,6)24-20/h9-10,12,14H,7-8,11H2,1-6H3/t14-/m0/s1. The van der Waals surface area contributed by atoms with E-state index in [1.807, 2.05) is 57.7 Å². The lowest BCUT2D eigenvalue weighted by Crippen LogP contribution is -2.41. The number of carbonyl (C=O) groups excluding carboxylic acids is 1. The molecule has 1 aromatic carbocycles. The highest BCUT2D eigenvalue weighted by molar-refractivity contribution is 6.62. The Morgan fingerprint density at radius 2 is 1.83 bits per heavy atom. The van der Waals surface area contributed by atoms with E-state index in [-0.39, 0.29) is 17.1 Å². The molecule has 0 bridgehead atoms.